The van der Waals surface area contributed by atoms with Crippen LogP contribution in [0.5, 0.6) is 0 Å². The molecule has 0 aliphatic heterocycles. The zero-order valence-corrected chi connectivity index (χ0v) is 16.3. The zero-order valence-electron chi connectivity index (χ0n) is 13.9. The molecule has 9 heteroatoms. The van der Waals surface area contributed by atoms with Gasteiger partial charge in [0.2, 0.25) is 5.91 Å². The lowest BCUT2D eigenvalue weighted by Gasteiger charge is -2.15. The minimum absolute atomic E-state index is 0.300. The molecule has 2 aromatic heterocycles. The topological polar surface area (TPSA) is 107 Å². The van der Waals surface area contributed by atoms with E-state index in [1.807, 2.05) is 0 Å². The van der Waals surface area contributed by atoms with E-state index in [2.05, 4.69) is 26.2 Å². The highest BCUT2D eigenvalue weighted by Crippen LogP contribution is 2.26. The van der Waals surface area contributed by atoms with Crippen LogP contribution in [0.1, 0.15) is 28.2 Å². The highest BCUT2D eigenvalue weighted by Gasteiger charge is 2.22. The molecule has 3 aromatic rings. The second-order valence-corrected chi connectivity index (χ2v) is 7.64. The lowest BCUT2D eigenvalue weighted by Crippen LogP contribution is -2.31. The van der Waals surface area contributed by atoms with Gasteiger partial charge in [-0.2, -0.15) is 0 Å². The van der Waals surface area contributed by atoms with Crippen molar-refractivity contribution in [2.75, 3.05) is 5.32 Å². The van der Waals surface area contributed by atoms with E-state index in [9.17, 15) is 14.4 Å². The molecule has 1 unspecified atom stereocenters. The van der Waals surface area contributed by atoms with E-state index in [1.54, 1.807) is 38.1 Å². The Morgan fingerprint density at radius 3 is 2.58 bits per heavy atom. The van der Waals surface area contributed by atoms with Crippen molar-refractivity contribution in [2.24, 2.45) is 5.73 Å². The third-order valence-corrected chi connectivity index (χ3v) is 5.75. The number of hydrogen-bond donors (Lipinski definition) is 2. The molecule has 3 N–H and O–H groups in total. The predicted molar refractivity (Wildman–Crippen MR) is 105 cm³/mol. The molecular weight excluding hydrogens is 420 g/mol. The summed E-state index contributed by atoms with van der Waals surface area (Å²) in [5.74, 6) is -0.948. The summed E-state index contributed by atoms with van der Waals surface area (Å²) in [6.07, 6.45) is 1.32. The van der Waals surface area contributed by atoms with Gasteiger partial charge >= 0.3 is 0 Å². The van der Waals surface area contributed by atoms with Crippen molar-refractivity contribution < 1.29 is 9.59 Å². The molecule has 0 aliphatic carbocycles. The zero-order chi connectivity index (χ0) is 19.0. The van der Waals surface area contributed by atoms with Gasteiger partial charge in [-0.05, 0) is 43.7 Å². The molecule has 0 saturated carbocycles. The Kier molecular flexibility index (Phi) is 4.92. The van der Waals surface area contributed by atoms with Crippen molar-refractivity contribution in [2.45, 2.75) is 19.9 Å². The molecule has 1 aromatic carbocycles. The fourth-order valence-electron chi connectivity index (χ4n) is 2.55. The minimum atomic E-state index is -0.778. The van der Waals surface area contributed by atoms with Gasteiger partial charge in [0, 0.05) is 10.2 Å². The summed E-state index contributed by atoms with van der Waals surface area (Å²) in [6, 6.07) is 6.34. The van der Waals surface area contributed by atoms with Gasteiger partial charge in [0.15, 0.2) is 0 Å². The van der Waals surface area contributed by atoms with Gasteiger partial charge in [-0.25, -0.2) is 4.98 Å². The maximum atomic E-state index is 12.8. The number of anilines is 1. The van der Waals surface area contributed by atoms with Crippen molar-refractivity contribution in [1.82, 2.24) is 9.55 Å². The fourth-order valence-corrected chi connectivity index (χ4v) is 3.81. The summed E-state index contributed by atoms with van der Waals surface area (Å²) in [7, 11) is 0. The van der Waals surface area contributed by atoms with Gasteiger partial charge in [-0.1, -0.05) is 15.9 Å². The summed E-state index contributed by atoms with van der Waals surface area (Å²) in [5, 5.41) is 3.08. The maximum absolute atomic E-state index is 12.8. The predicted octanol–water partition coefficient (Wildman–Crippen LogP) is 2.83. The van der Waals surface area contributed by atoms with Gasteiger partial charge in [0.25, 0.3) is 11.5 Å². The molecule has 2 amide bonds. The van der Waals surface area contributed by atoms with Crippen LogP contribution in [-0.4, -0.2) is 21.4 Å². The molecule has 0 bridgehead atoms. The van der Waals surface area contributed by atoms with E-state index in [1.165, 1.54) is 10.9 Å². The first-order chi connectivity index (χ1) is 12.3. The van der Waals surface area contributed by atoms with Crippen LogP contribution >= 0.6 is 27.3 Å². The molecule has 7 nitrogen and oxygen atoms in total. The number of fused-ring (bicyclic) bond motifs is 1. The summed E-state index contributed by atoms with van der Waals surface area (Å²) in [5.41, 5.74) is 6.07. The molecule has 0 saturated heterocycles. The number of nitrogens with zero attached hydrogens (tertiary/aromatic N) is 2. The molecule has 0 radical (unpaired) electrons. The SMILES string of the molecule is Cc1c(C(N)=O)sc2ncn(C(C)C(=O)Nc3ccc(Br)cc3)c(=O)c12. The summed E-state index contributed by atoms with van der Waals surface area (Å²) < 4.78 is 2.15. The number of benzene rings is 1. The van der Waals surface area contributed by atoms with Crippen LogP contribution < -0.4 is 16.6 Å². The Bertz CT molecular complexity index is 1070. The Morgan fingerprint density at radius 2 is 1.96 bits per heavy atom. The summed E-state index contributed by atoms with van der Waals surface area (Å²) in [4.78, 5) is 41.8. The van der Waals surface area contributed by atoms with Gasteiger partial charge in [-0.15, -0.1) is 11.3 Å². The molecule has 1 atom stereocenters. The van der Waals surface area contributed by atoms with Gasteiger partial charge < -0.3 is 11.1 Å². The van der Waals surface area contributed by atoms with Gasteiger partial charge in [0.05, 0.1) is 16.6 Å². The molecule has 0 aliphatic rings. The Hall–Kier alpha value is -2.52. The number of rotatable bonds is 4. The van der Waals surface area contributed by atoms with E-state index in [0.29, 0.717) is 26.3 Å². The number of primary amides is 1. The quantitative estimate of drug-likeness (QED) is 0.657. The van der Waals surface area contributed by atoms with Crippen LogP contribution in [0, 0.1) is 6.92 Å². The second kappa shape index (κ2) is 7.00. The Balaban J connectivity index is 1.96. The highest BCUT2D eigenvalue weighted by atomic mass is 79.9. The largest absolute Gasteiger partial charge is 0.365 e. The van der Waals surface area contributed by atoms with Crippen LogP contribution in [0.3, 0.4) is 0 Å². The van der Waals surface area contributed by atoms with Crippen LogP contribution in [0.25, 0.3) is 10.2 Å². The lowest BCUT2D eigenvalue weighted by atomic mass is 10.2. The number of nitrogens with one attached hydrogen (secondary N) is 1. The monoisotopic (exact) mass is 434 g/mol. The van der Waals surface area contributed by atoms with Crippen LogP contribution in [0.2, 0.25) is 0 Å². The molecule has 0 fully saturated rings. The van der Waals surface area contributed by atoms with Crippen molar-refractivity contribution in [3.05, 3.63) is 55.9 Å². The Labute approximate surface area is 161 Å². The van der Waals surface area contributed by atoms with Crippen LogP contribution in [0.15, 0.2) is 39.9 Å². The number of carbonyl (C=O) groups excluding carboxylic acids is 2. The smallest absolute Gasteiger partial charge is 0.263 e. The van der Waals surface area contributed by atoms with Crippen molar-refractivity contribution >= 4 is 55.0 Å². The molecular formula is C17H15BrN4O3S. The van der Waals surface area contributed by atoms with Crippen molar-refractivity contribution in [3.8, 4) is 0 Å². The summed E-state index contributed by atoms with van der Waals surface area (Å²) in [6.45, 7) is 3.26. The first-order valence-electron chi connectivity index (χ1n) is 7.66. The number of hydrogen-bond acceptors (Lipinski definition) is 5. The first-order valence-corrected chi connectivity index (χ1v) is 9.27. The standard InChI is InChI=1S/C17H15BrN4O3S/c1-8-12-16(26-13(8)14(19)23)20-7-22(17(12)25)9(2)15(24)21-11-5-3-10(18)4-6-11/h3-7,9H,1-2H3,(H2,19,23)(H,21,24). The third kappa shape index (κ3) is 3.27. The number of halogens is 1. The number of aromatic nitrogens is 2. The normalized spacial score (nSPS) is 12.1. The van der Waals surface area contributed by atoms with Gasteiger partial charge in [-0.3, -0.25) is 19.0 Å². The number of carbonyl (C=O) groups is 2. The molecule has 26 heavy (non-hydrogen) atoms. The lowest BCUT2D eigenvalue weighted by molar-refractivity contribution is -0.118. The number of thiophene rings is 1. The van der Waals surface area contributed by atoms with E-state index in [4.69, 9.17) is 5.73 Å². The van der Waals surface area contributed by atoms with E-state index < -0.39 is 11.9 Å². The van der Waals surface area contributed by atoms with Crippen molar-refractivity contribution in [1.29, 1.82) is 0 Å². The van der Waals surface area contributed by atoms with Crippen LogP contribution in [-0.2, 0) is 4.79 Å². The minimum Gasteiger partial charge on any atom is -0.365 e. The number of aryl methyl sites for hydroxylation is 1. The maximum Gasteiger partial charge on any atom is 0.263 e. The van der Waals surface area contributed by atoms with Crippen LogP contribution in [0.4, 0.5) is 5.69 Å². The van der Waals surface area contributed by atoms with Crippen molar-refractivity contribution in [3.63, 3.8) is 0 Å². The molecule has 3 rings (SSSR count). The third-order valence-electron chi connectivity index (χ3n) is 4.01. The molecule has 0 spiro atoms. The highest BCUT2D eigenvalue weighted by molar-refractivity contribution is 9.10. The second-order valence-electron chi connectivity index (χ2n) is 5.73. The molecule has 134 valence electrons. The average Bonchev–Trinajstić information content (AvgIpc) is 2.94. The van der Waals surface area contributed by atoms with Gasteiger partial charge in [0.1, 0.15) is 10.9 Å². The molecule has 2 heterocycles. The number of nitrogens with two attached hydrogens (primary N) is 1. The Morgan fingerprint density at radius 1 is 1.31 bits per heavy atom. The first kappa shape index (κ1) is 18.3. The summed E-state index contributed by atoms with van der Waals surface area (Å²) >= 11 is 4.41. The average molecular weight is 435 g/mol. The fraction of sp³-hybridized carbons (Fsp3) is 0.176. The number of amides is 2. The van der Waals surface area contributed by atoms with E-state index >= 15 is 0 Å². The van der Waals surface area contributed by atoms with E-state index in [0.717, 1.165) is 15.8 Å². The van der Waals surface area contributed by atoms with E-state index in [-0.39, 0.29) is 11.5 Å².